The van der Waals surface area contributed by atoms with E-state index in [1.54, 1.807) is 38.1 Å². The molecule has 7 heteroatoms. The molecule has 0 aliphatic rings. The third-order valence-electron chi connectivity index (χ3n) is 2.93. The van der Waals surface area contributed by atoms with E-state index in [2.05, 4.69) is 15.5 Å². The van der Waals surface area contributed by atoms with Crippen molar-refractivity contribution >= 4 is 11.7 Å². The molecule has 0 aliphatic carbocycles. The molecule has 4 N–H and O–H groups in total. The Kier molecular flexibility index (Phi) is 4.22. The third-order valence-corrected chi connectivity index (χ3v) is 2.93. The van der Waals surface area contributed by atoms with Crippen molar-refractivity contribution in [1.29, 1.82) is 0 Å². The van der Waals surface area contributed by atoms with Gasteiger partial charge in [0.15, 0.2) is 11.7 Å². The van der Waals surface area contributed by atoms with Gasteiger partial charge in [0.05, 0.1) is 5.69 Å². The maximum absolute atomic E-state index is 12.2. The maximum atomic E-state index is 12.2. The van der Waals surface area contributed by atoms with Gasteiger partial charge >= 0.3 is 0 Å². The fourth-order valence-electron chi connectivity index (χ4n) is 1.97. The molecule has 1 amide bonds. The molecule has 0 saturated carbocycles. The predicted molar refractivity (Wildman–Crippen MR) is 76.0 cm³/mol. The van der Waals surface area contributed by atoms with Crippen LogP contribution >= 0.6 is 0 Å². The summed E-state index contributed by atoms with van der Waals surface area (Å²) in [6.45, 7) is 3.33. The summed E-state index contributed by atoms with van der Waals surface area (Å²) in [5.74, 6) is -0.0890. The topological polar surface area (TPSA) is 114 Å². The van der Waals surface area contributed by atoms with Gasteiger partial charge in [0.1, 0.15) is 6.04 Å². The summed E-state index contributed by atoms with van der Waals surface area (Å²) in [6.07, 6.45) is 0. The number of aromatic nitrogens is 1. The summed E-state index contributed by atoms with van der Waals surface area (Å²) < 4.78 is 5.26. The molecule has 1 aromatic heterocycles. The van der Waals surface area contributed by atoms with E-state index < -0.39 is 11.9 Å². The van der Waals surface area contributed by atoms with Gasteiger partial charge < -0.3 is 20.7 Å². The van der Waals surface area contributed by atoms with E-state index in [9.17, 15) is 4.79 Å². The third kappa shape index (κ3) is 3.19. The molecule has 1 heterocycles. The zero-order chi connectivity index (χ0) is 15.4. The summed E-state index contributed by atoms with van der Waals surface area (Å²) in [5, 5.41) is 14.5. The van der Waals surface area contributed by atoms with Crippen LogP contribution in [0, 0.1) is 13.8 Å². The number of nitrogens with one attached hydrogen (secondary N) is 1. The van der Waals surface area contributed by atoms with Crippen molar-refractivity contribution in [1.82, 2.24) is 10.3 Å². The molecule has 0 aliphatic heterocycles. The molecule has 0 radical (unpaired) electrons. The molecule has 0 saturated heterocycles. The quantitative estimate of drug-likeness (QED) is 0.341. The van der Waals surface area contributed by atoms with Gasteiger partial charge in [0.2, 0.25) is 5.76 Å². The van der Waals surface area contributed by atoms with Gasteiger partial charge in [0.25, 0.3) is 5.91 Å². The lowest BCUT2D eigenvalue weighted by atomic mass is 10.1. The first-order chi connectivity index (χ1) is 10.0. The number of carbonyl (C=O) groups excluding carboxylic acids is 1. The number of carbonyl (C=O) groups is 1. The van der Waals surface area contributed by atoms with Crippen LogP contribution in [0.15, 0.2) is 39.9 Å². The van der Waals surface area contributed by atoms with Crippen LogP contribution in [-0.2, 0) is 0 Å². The number of rotatable bonds is 4. The first-order valence-corrected chi connectivity index (χ1v) is 6.30. The van der Waals surface area contributed by atoms with Gasteiger partial charge in [-0.25, -0.2) is 4.98 Å². The van der Waals surface area contributed by atoms with E-state index in [1.165, 1.54) is 0 Å². The standard InChI is InChI=1S/C14H16N4O3/c1-8-12(21-9(2)16-8)14(19)17-11(13(15)18-20)10-6-4-3-5-7-10/h3-7,11,20H,1-2H3,(H2,15,18)(H,17,19). The molecule has 2 rings (SSSR count). The highest BCUT2D eigenvalue weighted by atomic mass is 16.4. The van der Waals surface area contributed by atoms with E-state index in [0.29, 0.717) is 17.1 Å². The first kappa shape index (κ1) is 14.6. The maximum Gasteiger partial charge on any atom is 0.289 e. The molecular formula is C14H16N4O3. The largest absolute Gasteiger partial charge is 0.436 e. The molecule has 1 unspecified atom stereocenters. The lowest BCUT2D eigenvalue weighted by Crippen LogP contribution is -2.37. The summed E-state index contributed by atoms with van der Waals surface area (Å²) in [5.41, 5.74) is 6.83. The minimum absolute atomic E-state index is 0.110. The van der Waals surface area contributed by atoms with Crippen molar-refractivity contribution in [3.05, 3.63) is 53.2 Å². The molecule has 1 aromatic carbocycles. The highest BCUT2D eigenvalue weighted by molar-refractivity contribution is 5.97. The Morgan fingerprint density at radius 3 is 2.57 bits per heavy atom. The van der Waals surface area contributed by atoms with E-state index in [-0.39, 0.29) is 11.6 Å². The smallest absolute Gasteiger partial charge is 0.289 e. The highest BCUT2D eigenvalue weighted by Crippen LogP contribution is 2.15. The second-order valence-corrected chi connectivity index (χ2v) is 4.49. The van der Waals surface area contributed by atoms with Crippen LogP contribution in [0.5, 0.6) is 0 Å². The molecule has 0 spiro atoms. The van der Waals surface area contributed by atoms with Crippen molar-refractivity contribution in [2.75, 3.05) is 0 Å². The van der Waals surface area contributed by atoms with Crippen molar-refractivity contribution in [3.63, 3.8) is 0 Å². The fourth-order valence-corrected chi connectivity index (χ4v) is 1.97. The number of amides is 1. The zero-order valence-electron chi connectivity index (χ0n) is 11.7. The predicted octanol–water partition coefficient (Wildman–Crippen LogP) is 1.51. The number of benzene rings is 1. The normalized spacial score (nSPS) is 13.0. The van der Waals surface area contributed by atoms with E-state index in [4.69, 9.17) is 15.4 Å². The monoisotopic (exact) mass is 288 g/mol. The van der Waals surface area contributed by atoms with Gasteiger partial charge in [-0.3, -0.25) is 4.79 Å². The fraction of sp³-hybridized carbons (Fsp3) is 0.214. The number of oxime groups is 1. The van der Waals surface area contributed by atoms with Crippen molar-refractivity contribution in [2.45, 2.75) is 19.9 Å². The molecule has 7 nitrogen and oxygen atoms in total. The average molecular weight is 288 g/mol. The van der Waals surface area contributed by atoms with Crippen LogP contribution in [-0.4, -0.2) is 21.9 Å². The number of nitrogens with two attached hydrogens (primary N) is 1. The molecule has 21 heavy (non-hydrogen) atoms. The number of oxazole rings is 1. The molecule has 0 fully saturated rings. The van der Waals surface area contributed by atoms with Crippen molar-refractivity contribution in [2.24, 2.45) is 10.9 Å². The Morgan fingerprint density at radius 1 is 1.38 bits per heavy atom. The Hall–Kier alpha value is -2.83. The van der Waals surface area contributed by atoms with Crippen molar-refractivity contribution in [3.8, 4) is 0 Å². The summed E-state index contributed by atoms with van der Waals surface area (Å²) >= 11 is 0. The van der Waals surface area contributed by atoms with Gasteiger partial charge in [-0.15, -0.1) is 0 Å². The van der Waals surface area contributed by atoms with Gasteiger partial charge in [-0.1, -0.05) is 35.5 Å². The lowest BCUT2D eigenvalue weighted by molar-refractivity contribution is 0.0916. The second kappa shape index (κ2) is 6.08. The minimum atomic E-state index is -0.756. The molecule has 0 bridgehead atoms. The first-order valence-electron chi connectivity index (χ1n) is 6.30. The number of amidine groups is 1. The molecule has 2 aromatic rings. The Bertz CT molecular complexity index is 664. The Balaban J connectivity index is 2.28. The van der Waals surface area contributed by atoms with Gasteiger partial charge in [0, 0.05) is 6.92 Å². The number of aryl methyl sites for hydroxylation is 2. The van der Waals surface area contributed by atoms with Crippen LogP contribution < -0.4 is 11.1 Å². The summed E-state index contributed by atoms with van der Waals surface area (Å²) in [6, 6.07) is 8.20. The summed E-state index contributed by atoms with van der Waals surface area (Å²) in [4.78, 5) is 16.3. The lowest BCUT2D eigenvalue weighted by Gasteiger charge is -2.17. The van der Waals surface area contributed by atoms with Gasteiger partial charge in [-0.05, 0) is 12.5 Å². The second-order valence-electron chi connectivity index (χ2n) is 4.49. The molecule has 1 atom stereocenters. The average Bonchev–Trinajstić information content (AvgIpc) is 2.83. The van der Waals surface area contributed by atoms with Gasteiger partial charge in [-0.2, -0.15) is 0 Å². The van der Waals surface area contributed by atoms with Crippen LogP contribution in [0.1, 0.15) is 33.7 Å². The van der Waals surface area contributed by atoms with E-state index in [1.807, 2.05) is 6.07 Å². The van der Waals surface area contributed by atoms with Crippen LogP contribution in [0.25, 0.3) is 0 Å². The SMILES string of the molecule is Cc1nc(C)c(C(=O)NC(/C(N)=N/O)c2ccccc2)o1. The Labute approximate surface area is 121 Å². The minimum Gasteiger partial charge on any atom is -0.436 e. The van der Waals surface area contributed by atoms with E-state index >= 15 is 0 Å². The number of hydrogen-bond donors (Lipinski definition) is 3. The number of nitrogens with zero attached hydrogens (tertiary/aromatic N) is 2. The molecule has 110 valence electrons. The van der Waals surface area contributed by atoms with E-state index in [0.717, 1.165) is 0 Å². The zero-order valence-corrected chi connectivity index (χ0v) is 11.7. The van der Waals surface area contributed by atoms with Crippen LogP contribution in [0.4, 0.5) is 0 Å². The summed E-state index contributed by atoms with van der Waals surface area (Å²) in [7, 11) is 0. The Morgan fingerprint density at radius 2 is 2.05 bits per heavy atom. The van der Waals surface area contributed by atoms with Crippen LogP contribution in [0.3, 0.4) is 0 Å². The van der Waals surface area contributed by atoms with Crippen molar-refractivity contribution < 1.29 is 14.4 Å². The van der Waals surface area contributed by atoms with Crippen LogP contribution in [0.2, 0.25) is 0 Å². The number of hydrogen-bond acceptors (Lipinski definition) is 5. The highest BCUT2D eigenvalue weighted by Gasteiger charge is 2.23. The molecular weight excluding hydrogens is 272 g/mol.